The van der Waals surface area contributed by atoms with Crippen molar-refractivity contribution in [2.24, 2.45) is 17.8 Å². The van der Waals surface area contributed by atoms with E-state index in [1.807, 2.05) is 6.08 Å². The zero-order valence-electron chi connectivity index (χ0n) is 15.5. The van der Waals surface area contributed by atoms with Crippen molar-refractivity contribution in [2.45, 2.75) is 70.4 Å². The van der Waals surface area contributed by atoms with Crippen LogP contribution in [0.4, 0.5) is 22.0 Å². The van der Waals surface area contributed by atoms with Crippen molar-refractivity contribution >= 4 is 0 Å². The number of unbranched alkanes of at least 4 members (excludes halogenated alkanes) is 4. The quantitative estimate of drug-likeness (QED) is 0.202. The minimum Gasteiger partial charge on any atom is -0.381 e. The van der Waals surface area contributed by atoms with Gasteiger partial charge >= 0.3 is 12.1 Å². The van der Waals surface area contributed by atoms with Gasteiger partial charge in [0.05, 0.1) is 6.61 Å². The highest BCUT2D eigenvalue weighted by Gasteiger charge is 2.56. The first-order chi connectivity index (χ1) is 12.2. The van der Waals surface area contributed by atoms with E-state index in [2.05, 4.69) is 25.7 Å². The summed E-state index contributed by atoms with van der Waals surface area (Å²) in [5.74, 6) is -3.93. The Morgan fingerprint density at radius 3 is 2.42 bits per heavy atom. The van der Waals surface area contributed by atoms with Gasteiger partial charge in [-0.3, -0.25) is 0 Å². The van der Waals surface area contributed by atoms with Crippen molar-refractivity contribution in [1.29, 1.82) is 0 Å². The average Bonchev–Trinajstić information content (AvgIpc) is 2.96. The minimum atomic E-state index is -5.51. The van der Waals surface area contributed by atoms with Crippen LogP contribution in [-0.4, -0.2) is 25.3 Å². The van der Waals surface area contributed by atoms with Gasteiger partial charge in [0, 0.05) is 13.0 Å². The Kier molecular flexibility index (Phi) is 9.83. The molecule has 0 bridgehead atoms. The van der Waals surface area contributed by atoms with Gasteiger partial charge in [-0.05, 0) is 43.4 Å². The van der Waals surface area contributed by atoms with E-state index in [1.54, 1.807) is 0 Å². The Labute approximate surface area is 153 Å². The fraction of sp³-hybridized carbons (Fsp3) is 0.800. The highest BCUT2D eigenvalue weighted by molar-refractivity contribution is 5.00. The van der Waals surface area contributed by atoms with Gasteiger partial charge in [0.15, 0.2) is 0 Å². The smallest absolute Gasteiger partial charge is 0.381 e. The Balaban J connectivity index is 2.39. The molecule has 0 aromatic rings. The molecule has 26 heavy (non-hydrogen) atoms. The Morgan fingerprint density at radius 1 is 1.08 bits per heavy atom. The predicted octanol–water partition coefficient (Wildman–Crippen LogP) is 6.95. The van der Waals surface area contributed by atoms with Crippen LogP contribution in [0.15, 0.2) is 24.8 Å². The van der Waals surface area contributed by atoms with Crippen molar-refractivity contribution in [3.8, 4) is 0 Å². The lowest BCUT2D eigenvalue weighted by Crippen LogP contribution is -2.37. The summed E-state index contributed by atoms with van der Waals surface area (Å²) >= 11 is 0. The van der Waals surface area contributed by atoms with Crippen molar-refractivity contribution in [2.75, 3.05) is 13.2 Å². The SMILES string of the molecule is C=CC1CC(/C=C/CCCCCC)C(COCCC(F)(F)C(F)(F)F)C1. The first-order valence-corrected chi connectivity index (χ1v) is 9.52. The number of hydrogen-bond acceptors (Lipinski definition) is 1. The van der Waals surface area contributed by atoms with Crippen LogP contribution in [0.5, 0.6) is 0 Å². The van der Waals surface area contributed by atoms with Crippen LogP contribution in [-0.2, 0) is 4.74 Å². The number of halogens is 5. The fourth-order valence-electron chi connectivity index (χ4n) is 3.36. The van der Waals surface area contributed by atoms with E-state index in [0.717, 1.165) is 25.7 Å². The van der Waals surface area contributed by atoms with E-state index < -0.39 is 25.1 Å². The molecule has 3 atom stereocenters. The molecule has 0 saturated heterocycles. The molecule has 0 spiro atoms. The Hall–Kier alpha value is -0.910. The van der Waals surface area contributed by atoms with E-state index >= 15 is 0 Å². The van der Waals surface area contributed by atoms with Crippen LogP contribution in [0.25, 0.3) is 0 Å². The maximum absolute atomic E-state index is 12.9. The Bertz CT molecular complexity index is 430. The molecule has 6 heteroatoms. The van der Waals surface area contributed by atoms with E-state index in [4.69, 9.17) is 4.74 Å². The molecular weight excluding hydrogens is 351 g/mol. The molecule has 1 saturated carbocycles. The molecule has 0 aromatic heterocycles. The summed E-state index contributed by atoms with van der Waals surface area (Å²) in [4.78, 5) is 0. The van der Waals surface area contributed by atoms with Crippen molar-refractivity contribution < 1.29 is 26.7 Å². The topological polar surface area (TPSA) is 9.23 Å². The lowest BCUT2D eigenvalue weighted by molar-refractivity contribution is -0.287. The van der Waals surface area contributed by atoms with Crippen molar-refractivity contribution in [3.63, 3.8) is 0 Å². The molecule has 0 aliphatic heterocycles. The van der Waals surface area contributed by atoms with Gasteiger partial charge in [-0.2, -0.15) is 22.0 Å². The van der Waals surface area contributed by atoms with Crippen LogP contribution in [0, 0.1) is 17.8 Å². The Morgan fingerprint density at radius 2 is 1.81 bits per heavy atom. The molecule has 1 aliphatic carbocycles. The van der Waals surface area contributed by atoms with Crippen molar-refractivity contribution in [3.05, 3.63) is 24.8 Å². The molecule has 1 rings (SSSR count). The second kappa shape index (κ2) is 11.1. The number of alkyl halides is 5. The van der Waals surface area contributed by atoms with Crippen LogP contribution in [0.2, 0.25) is 0 Å². The van der Waals surface area contributed by atoms with E-state index in [0.29, 0.717) is 5.92 Å². The summed E-state index contributed by atoms with van der Waals surface area (Å²) in [6.07, 6.45) is 6.94. The molecule has 3 unspecified atom stereocenters. The van der Waals surface area contributed by atoms with Gasteiger partial charge in [0.1, 0.15) is 0 Å². The monoisotopic (exact) mass is 382 g/mol. The third kappa shape index (κ3) is 7.77. The number of rotatable bonds is 12. The normalized spacial score (nSPS) is 24.5. The summed E-state index contributed by atoms with van der Waals surface area (Å²) in [5, 5.41) is 0. The largest absolute Gasteiger partial charge is 0.453 e. The highest BCUT2D eigenvalue weighted by Crippen LogP contribution is 2.40. The van der Waals surface area contributed by atoms with Gasteiger partial charge in [0.2, 0.25) is 0 Å². The number of ether oxygens (including phenoxy) is 1. The molecule has 152 valence electrons. The maximum atomic E-state index is 12.9. The summed E-state index contributed by atoms with van der Waals surface area (Å²) in [6, 6.07) is 0. The van der Waals surface area contributed by atoms with Crippen LogP contribution < -0.4 is 0 Å². The van der Waals surface area contributed by atoms with Crippen LogP contribution >= 0.6 is 0 Å². The molecule has 0 radical (unpaired) electrons. The average molecular weight is 382 g/mol. The molecule has 0 N–H and O–H groups in total. The van der Waals surface area contributed by atoms with Crippen LogP contribution in [0.3, 0.4) is 0 Å². The third-order valence-corrected chi connectivity index (χ3v) is 5.03. The maximum Gasteiger partial charge on any atom is 0.453 e. The highest BCUT2D eigenvalue weighted by atomic mass is 19.4. The molecule has 1 fully saturated rings. The van der Waals surface area contributed by atoms with Gasteiger partial charge in [-0.25, -0.2) is 0 Å². The van der Waals surface area contributed by atoms with Gasteiger partial charge in [-0.15, -0.1) is 6.58 Å². The molecule has 0 heterocycles. The molecule has 1 aliphatic rings. The first kappa shape index (κ1) is 23.1. The second-order valence-corrected chi connectivity index (χ2v) is 7.20. The third-order valence-electron chi connectivity index (χ3n) is 5.03. The molecule has 0 aromatic carbocycles. The number of allylic oxidation sites excluding steroid dienone is 3. The number of hydrogen-bond donors (Lipinski definition) is 0. The van der Waals surface area contributed by atoms with E-state index in [1.165, 1.54) is 19.3 Å². The minimum absolute atomic E-state index is 0.143. The lowest BCUT2D eigenvalue weighted by Gasteiger charge is -2.21. The van der Waals surface area contributed by atoms with Gasteiger partial charge in [-0.1, -0.05) is 44.4 Å². The van der Waals surface area contributed by atoms with Gasteiger partial charge in [0.25, 0.3) is 0 Å². The second-order valence-electron chi connectivity index (χ2n) is 7.20. The fourth-order valence-corrected chi connectivity index (χ4v) is 3.36. The van der Waals surface area contributed by atoms with Crippen LogP contribution in [0.1, 0.15) is 58.3 Å². The van der Waals surface area contributed by atoms with Crippen molar-refractivity contribution in [1.82, 2.24) is 0 Å². The van der Waals surface area contributed by atoms with E-state index in [-0.39, 0.29) is 18.4 Å². The molecule has 1 nitrogen and oxygen atoms in total. The summed E-state index contributed by atoms with van der Waals surface area (Å²) in [6.45, 7) is 5.60. The summed E-state index contributed by atoms with van der Waals surface area (Å²) in [7, 11) is 0. The molecular formula is C20H31F5O. The zero-order valence-corrected chi connectivity index (χ0v) is 15.5. The zero-order chi connectivity index (χ0) is 19.6. The van der Waals surface area contributed by atoms with Gasteiger partial charge < -0.3 is 4.74 Å². The molecule has 0 amide bonds. The predicted molar refractivity (Wildman–Crippen MR) is 94.2 cm³/mol. The first-order valence-electron chi connectivity index (χ1n) is 9.52. The summed E-state index contributed by atoms with van der Waals surface area (Å²) in [5.41, 5.74) is 0. The lowest BCUT2D eigenvalue weighted by atomic mass is 9.96. The van der Waals surface area contributed by atoms with E-state index in [9.17, 15) is 22.0 Å². The standard InChI is InChI=1S/C20H31F5O/c1-3-5-6-7-8-9-10-17-13-16(4-2)14-18(17)15-26-12-11-19(21,22)20(23,24)25/h4,9-10,16-18H,2-3,5-8,11-15H2,1H3/b10-9+. The summed E-state index contributed by atoms with van der Waals surface area (Å²) < 4.78 is 67.4.